The van der Waals surface area contributed by atoms with Gasteiger partial charge in [-0.25, -0.2) is 9.98 Å². The van der Waals surface area contributed by atoms with Gasteiger partial charge in [-0.2, -0.15) is 13.2 Å². The lowest BCUT2D eigenvalue weighted by Crippen LogP contribution is -2.39. The van der Waals surface area contributed by atoms with Gasteiger partial charge in [0.15, 0.2) is 11.7 Å². The highest BCUT2D eigenvalue weighted by Gasteiger charge is 2.34. The van der Waals surface area contributed by atoms with Crippen LogP contribution in [0.4, 0.5) is 13.2 Å². The predicted octanol–water partition coefficient (Wildman–Crippen LogP) is 3.35. The molecule has 0 radical (unpaired) electrons. The van der Waals surface area contributed by atoms with Crippen molar-refractivity contribution in [3.63, 3.8) is 0 Å². The fourth-order valence-corrected chi connectivity index (χ4v) is 2.21. The molecule has 0 bridgehead atoms. The van der Waals surface area contributed by atoms with Crippen molar-refractivity contribution in [2.75, 3.05) is 19.7 Å². The third kappa shape index (κ3) is 6.43. The van der Waals surface area contributed by atoms with Crippen LogP contribution in [0.15, 0.2) is 33.9 Å². The van der Waals surface area contributed by atoms with Crippen molar-refractivity contribution in [1.82, 2.24) is 20.8 Å². The van der Waals surface area contributed by atoms with E-state index in [2.05, 4.69) is 25.8 Å². The largest absolute Gasteiger partial charge is 0.475 e. The van der Waals surface area contributed by atoms with Crippen molar-refractivity contribution in [1.29, 1.82) is 0 Å². The molecule has 28 heavy (non-hydrogen) atoms. The number of guanidine groups is 1. The molecule has 0 saturated heterocycles. The van der Waals surface area contributed by atoms with Gasteiger partial charge in [-0.1, -0.05) is 19.0 Å². The van der Waals surface area contributed by atoms with E-state index < -0.39 is 17.6 Å². The molecule has 0 aliphatic rings. The Balaban J connectivity index is 1.88. The second kappa shape index (κ2) is 9.95. The number of pyridine rings is 1. The Morgan fingerprint density at radius 3 is 2.75 bits per heavy atom. The summed E-state index contributed by atoms with van der Waals surface area (Å²) in [4.78, 5) is 8.02. The third-order valence-corrected chi connectivity index (χ3v) is 3.62. The van der Waals surface area contributed by atoms with Crippen molar-refractivity contribution in [3.05, 3.63) is 41.4 Å². The van der Waals surface area contributed by atoms with Crippen LogP contribution < -0.4 is 15.4 Å². The molecule has 0 atom stereocenters. The molecule has 154 valence electrons. The van der Waals surface area contributed by atoms with Crippen molar-refractivity contribution in [3.8, 4) is 5.88 Å². The molecule has 2 N–H and O–H groups in total. The number of nitrogens with one attached hydrogen (secondary N) is 2. The average molecular weight is 399 g/mol. The number of hydrogen-bond acceptors (Lipinski definition) is 5. The zero-order valence-corrected chi connectivity index (χ0v) is 16.0. The van der Waals surface area contributed by atoms with Gasteiger partial charge in [-0.3, -0.25) is 0 Å². The molecule has 0 aliphatic heterocycles. The van der Waals surface area contributed by atoms with E-state index in [1.807, 2.05) is 26.8 Å². The third-order valence-electron chi connectivity index (χ3n) is 3.62. The number of aliphatic imine (C=N–C) groups is 1. The first-order chi connectivity index (χ1) is 13.3. The highest BCUT2D eigenvalue weighted by atomic mass is 19.4. The first kappa shape index (κ1) is 21.5. The first-order valence-electron chi connectivity index (χ1n) is 8.94. The Morgan fingerprint density at radius 2 is 2.11 bits per heavy atom. The molecule has 2 rings (SSSR count). The molecular formula is C18H24F3N5O2. The van der Waals surface area contributed by atoms with Crippen molar-refractivity contribution in [2.24, 2.45) is 4.99 Å². The van der Waals surface area contributed by atoms with Crippen LogP contribution in [-0.2, 0) is 12.7 Å². The molecule has 0 aliphatic carbocycles. The van der Waals surface area contributed by atoms with Gasteiger partial charge in [-0.15, -0.1) is 0 Å². The van der Waals surface area contributed by atoms with Crippen LogP contribution in [0.3, 0.4) is 0 Å². The molecule has 10 heteroatoms. The van der Waals surface area contributed by atoms with Gasteiger partial charge in [0.25, 0.3) is 0 Å². The first-order valence-corrected chi connectivity index (χ1v) is 8.94. The smallest absolute Gasteiger partial charge is 0.421 e. The second-order valence-corrected chi connectivity index (χ2v) is 6.20. The van der Waals surface area contributed by atoms with E-state index in [9.17, 15) is 13.2 Å². The average Bonchev–Trinajstić information content (AvgIpc) is 3.12. The maximum absolute atomic E-state index is 12.9. The molecule has 2 aromatic heterocycles. The highest BCUT2D eigenvalue weighted by molar-refractivity contribution is 5.79. The quantitative estimate of drug-likeness (QED) is 0.402. The molecule has 2 heterocycles. The van der Waals surface area contributed by atoms with Crippen LogP contribution in [0, 0.1) is 0 Å². The Labute approximate surface area is 161 Å². The molecule has 2 aromatic rings. The van der Waals surface area contributed by atoms with Crippen LogP contribution in [0.5, 0.6) is 5.88 Å². The standard InChI is InChI=1S/C18H24F3N5O2/c1-4-22-17(25-11-13-10-15(12(2)3)26-28-13)24-8-9-27-16-14(18(19,20)21)6-5-7-23-16/h5-7,10,12H,4,8-9,11H2,1-3H3,(H2,22,24,25). The number of alkyl halides is 3. The lowest BCUT2D eigenvalue weighted by Gasteiger charge is -2.14. The molecule has 0 unspecified atom stereocenters. The fraction of sp³-hybridized carbons (Fsp3) is 0.500. The normalized spacial score (nSPS) is 12.3. The predicted molar refractivity (Wildman–Crippen MR) is 98.1 cm³/mol. The summed E-state index contributed by atoms with van der Waals surface area (Å²) < 4.78 is 49.2. The van der Waals surface area contributed by atoms with Crippen molar-refractivity contribution in [2.45, 2.75) is 39.4 Å². The number of ether oxygens (including phenoxy) is 1. The van der Waals surface area contributed by atoms with E-state index in [-0.39, 0.29) is 25.6 Å². The minimum atomic E-state index is -4.51. The summed E-state index contributed by atoms with van der Waals surface area (Å²) in [6.45, 7) is 7.08. The summed E-state index contributed by atoms with van der Waals surface area (Å²) in [5.74, 6) is 0.936. The number of rotatable bonds is 8. The molecule has 0 spiro atoms. The summed E-state index contributed by atoms with van der Waals surface area (Å²) in [5, 5.41) is 10.0. The lowest BCUT2D eigenvalue weighted by molar-refractivity contribution is -0.139. The Morgan fingerprint density at radius 1 is 1.32 bits per heavy atom. The molecular weight excluding hydrogens is 375 g/mol. The summed E-state index contributed by atoms with van der Waals surface area (Å²) in [6.07, 6.45) is -3.26. The van der Waals surface area contributed by atoms with Gasteiger partial charge < -0.3 is 19.9 Å². The summed E-state index contributed by atoms with van der Waals surface area (Å²) in [6, 6.07) is 4.00. The van der Waals surface area contributed by atoms with E-state index >= 15 is 0 Å². The molecule has 7 nitrogen and oxygen atoms in total. The Hall–Kier alpha value is -2.78. The van der Waals surface area contributed by atoms with Crippen LogP contribution >= 0.6 is 0 Å². The second-order valence-electron chi connectivity index (χ2n) is 6.20. The van der Waals surface area contributed by atoms with Gasteiger partial charge in [0, 0.05) is 18.8 Å². The maximum atomic E-state index is 12.9. The van der Waals surface area contributed by atoms with Gasteiger partial charge in [-0.05, 0) is 25.0 Å². The number of hydrogen-bond donors (Lipinski definition) is 2. The Kier molecular flexibility index (Phi) is 7.65. The van der Waals surface area contributed by atoms with Crippen molar-refractivity contribution < 1.29 is 22.4 Å². The fourth-order valence-electron chi connectivity index (χ4n) is 2.21. The van der Waals surface area contributed by atoms with Gasteiger partial charge >= 0.3 is 6.18 Å². The SMILES string of the molecule is CCNC(=NCc1cc(C(C)C)no1)NCCOc1ncccc1C(F)(F)F. The molecule has 0 amide bonds. The van der Waals surface area contributed by atoms with E-state index in [1.165, 1.54) is 12.3 Å². The lowest BCUT2D eigenvalue weighted by atomic mass is 10.1. The van der Waals surface area contributed by atoms with Crippen LogP contribution in [0.25, 0.3) is 0 Å². The van der Waals surface area contributed by atoms with E-state index in [1.54, 1.807) is 0 Å². The van der Waals surface area contributed by atoms with Gasteiger partial charge in [0.2, 0.25) is 5.88 Å². The maximum Gasteiger partial charge on any atom is 0.421 e. The highest BCUT2D eigenvalue weighted by Crippen LogP contribution is 2.34. The minimum absolute atomic E-state index is 0.00961. The van der Waals surface area contributed by atoms with E-state index in [0.29, 0.717) is 18.3 Å². The zero-order chi connectivity index (χ0) is 20.6. The van der Waals surface area contributed by atoms with Gasteiger partial charge in [0.05, 0.1) is 12.2 Å². The van der Waals surface area contributed by atoms with E-state index in [4.69, 9.17) is 9.26 Å². The number of aromatic nitrogens is 2. The topological polar surface area (TPSA) is 84.6 Å². The van der Waals surface area contributed by atoms with E-state index in [0.717, 1.165) is 11.8 Å². The summed E-state index contributed by atoms with van der Waals surface area (Å²) in [5.41, 5.74) is -0.0470. The monoisotopic (exact) mass is 399 g/mol. The Bertz CT molecular complexity index is 775. The van der Waals surface area contributed by atoms with Crippen molar-refractivity contribution >= 4 is 5.96 Å². The number of nitrogens with zero attached hydrogens (tertiary/aromatic N) is 3. The molecule has 0 fully saturated rings. The number of halogens is 3. The van der Waals surface area contributed by atoms with Gasteiger partial charge in [0.1, 0.15) is 18.7 Å². The van der Waals surface area contributed by atoms with Crippen LogP contribution in [0.2, 0.25) is 0 Å². The molecule has 0 saturated carbocycles. The molecule has 0 aromatic carbocycles. The van der Waals surface area contributed by atoms with Crippen LogP contribution in [0.1, 0.15) is 43.7 Å². The minimum Gasteiger partial charge on any atom is -0.475 e. The van der Waals surface area contributed by atoms with Crippen LogP contribution in [-0.4, -0.2) is 35.8 Å². The summed E-state index contributed by atoms with van der Waals surface area (Å²) >= 11 is 0. The zero-order valence-electron chi connectivity index (χ0n) is 16.0. The summed E-state index contributed by atoms with van der Waals surface area (Å²) in [7, 11) is 0.